The molecule has 2 aliphatic rings. The van der Waals surface area contributed by atoms with E-state index < -0.39 is 18.2 Å². The minimum Gasteiger partial charge on any atom is -0.481 e. The lowest BCUT2D eigenvalue weighted by molar-refractivity contribution is -0.211. The highest BCUT2D eigenvalue weighted by Crippen LogP contribution is 2.27. The lowest BCUT2D eigenvalue weighted by Crippen LogP contribution is -2.32. The molecule has 2 amide bonds. The fourth-order valence-corrected chi connectivity index (χ4v) is 2.27. The molecule has 0 spiro atoms. The topological polar surface area (TPSA) is 93.1 Å². The number of nitrogens with zero attached hydrogens (tertiary/aromatic N) is 1. The van der Waals surface area contributed by atoms with Gasteiger partial charge in [-0.05, 0) is 12.1 Å². The molecule has 7 nitrogen and oxygen atoms in total. The Morgan fingerprint density at radius 3 is 2.09 bits per heavy atom. The number of amides is 2. The average molecular weight is 303 g/mol. The molecule has 1 fully saturated rings. The molecule has 1 aromatic rings. The monoisotopic (exact) mass is 303 g/mol. The summed E-state index contributed by atoms with van der Waals surface area (Å²) in [6.07, 6.45) is 1.79. The maximum atomic E-state index is 11.6. The van der Waals surface area contributed by atoms with Crippen LogP contribution in [-0.2, 0) is 23.9 Å². The number of ether oxygens (including phenoxy) is 2. The Hall–Kier alpha value is -2.51. The van der Waals surface area contributed by atoms with E-state index in [1.54, 1.807) is 24.3 Å². The molecule has 0 unspecified atom stereocenters. The summed E-state index contributed by atoms with van der Waals surface area (Å²) in [4.78, 5) is 35.0. The molecule has 1 N–H and O–H groups in total. The number of carbonyl (C=O) groups is 3. The zero-order valence-corrected chi connectivity index (χ0v) is 11.5. The van der Waals surface area contributed by atoms with Crippen molar-refractivity contribution in [3.63, 3.8) is 0 Å². The number of imide groups is 1. The third kappa shape index (κ3) is 2.63. The van der Waals surface area contributed by atoms with Gasteiger partial charge in [-0.15, -0.1) is 0 Å². The second-order valence-electron chi connectivity index (χ2n) is 4.97. The van der Waals surface area contributed by atoms with E-state index in [0.717, 1.165) is 4.90 Å². The second kappa shape index (κ2) is 5.70. The molecular formula is C15H13NO6. The number of benzene rings is 1. The van der Waals surface area contributed by atoms with E-state index in [-0.39, 0.29) is 25.0 Å². The van der Waals surface area contributed by atoms with Crippen LogP contribution in [0.4, 0.5) is 5.69 Å². The van der Waals surface area contributed by atoms with Crippen LogP contribution in [0, 0.1) is 5.92 Å². The van der Waals surface area contributed by atoms with E-state index in [1.807, 2.05) is 0 Å². The summed E-state index contributed by atoms with van der Waals surface area (Å²) in [5, 5.41) is 8.87. The Kier molecular flexibility index (Phi) is 3.74. The van der Waals surface area contributed by atoms with Gasteiger partial charge in [0.2, 0.25) is 0 Å². The van der Waals surface area contributed by atoms with Gasteiger partial charge >= 0.3 is 5.97 Å². The number of carbonyl (C=O) groups excluding carboxylic acids is 2. The lowest BCUT2D eigenvalue weighted by Gasteiger charge is -2.27. The van der Waals surface area contributed by atoms with E-state index in [0.29, 0.717) is 11.3 Å². The van der Waals surface area contributed by atoms with Gasteiger partial charge in [-0.25, -0.2) is 4.90 Å². The van der Waals surface area contributed by atoms with Gasteiger partial charge in [0.05, 0.1) is 18.9 Å². The second-order valence-corrected chi connectivity index (χ2v) is 4.97. The third-order valence-electron chi connectivity index (χ3n) is 3.48. The summed E-state index contributed by atoms with van der Waals surface area (Å²) >= 11 is 0. The first-order valence-corrected chi connectivity index (χ1v) is 6.68. The Morgan fingerprint density at radius 2 is 1.59 bits per heavy atom. The van der Waals surface area contributed by atoms with Crippen molar-refractivity contribution < 1.29 is 29.0 Å². The maximum absolute atomic E-state index is 11.6. The smallest absolute Gasteiger partial charge is 0.311 e. The molecule has 114 valence electrons. The van der Waals surface area contributed by atoms with Gasteiger partial charge in [0, 0.05) is 17.7 Å². The zero-order valence-electron chi connectivity index (χ0n) is 11.5. The largest absolute Gasteiger partial charge is 0.481 e. The summed E-state index contributed by atoms with van der Waals surface area (Å²) in [5.74, 6) is -2.38. The molecule has 1 saturated heterocycles. The van der Waals surface area contributed by atoms with E-state index in [2.05, 4.69) is 0 Å². The van der Waals surface area contributed by atoms with Crippen LogP contribution in [0.3, 0.4) is 0 Å². The summed E-state index contributed by atoms with van der Waals surface area (Å²) in [6, 6.07) is 6.60. The first kappa shape index (κ1) is 14.4. The van der Waals surface area contributed by atoms with Crippen LogP contribution in [0.5, 0.6) is 0 Å². The van der Waals surface area contributed by atoms with E-state index in [1.165, 1.54) is 12.2 Å². The Labute approximate surface area is 125 Å². The lowest BCUT2D eigenvalue weighted by atomic mass is 10.1. The standard InChI is InChI=1S/C15H13NO6/c17-12-5-6-13(18)16(12)11-3-1-9(2-4-11)15-21-7-10(8-22-15)14(19)20/h1-6,10,15H,7-8H2,(H,19,20). The van der Waals surface area contributed by atoms with Crippen molar-refractivity contribution in [2.75, 3.05) is 18.1 Å². The third-order valence-corrected chi connectivity index (χ3v) is 3.48. The molecule has 3 rings (SSSR count). The molecule has 0 aromatic heterocycles. The van der Waals surface area contributed by atoms with Crippen LogP contribution in [0.15, 0.2) is 36.4 Å². The first-order valence-electron chi connectivity index (χ1n) is 6.68. The number of carboxylic acids is 1. The Bertz CT molecular complexity index is 625. The number of carboxylic acid groups (broad SMARTS) is 1. The van der Waals surface area contributed by atoms with Gasteiger partial charge < -0.3 is 14.6 Å². The quantitative estimate of drug-likeness (QED) is 0.833. The average Bonchev–Trinajstić information content (AvgIpc) is 2.86. The summed E-state index contributed by atoms with van der Waals surface area (Å²) < 4.78 is 10.8. The summed E-state index contributed by atoms with van der Waals surface area (Å²) in [5.41, 5.74) is 1.16. The van der Waals surface area contributed by atoms with Crippen LogP contribution in [0.25, 0.3) is 0 Å². The Balaban J connectivity index is 1.69. The van der Waals surface area contributed by atoms with Crippen LogP contribution < -0.4 is 4.90 Å². The molecule has 2 heterocycles. The van der Waals surface area contributed by atoms with Crippen molar-refractivity contribution in [1.82, 2.24) is 0 Å². The predicted molar refractivity (Wildman–Crippen MR) is 73.8 cm³/mol. The van der Waals surface area contributed by atoms with Gasteiger partial charge in [-0.3, -0.25) is 14.4 Å². The maximum Gasteiger partial charge on any atom is 0.311 e. The zero-order chi connectivity index (χ0) is 15.7. The molecule has 7 heteroatoms. The van der Waals surface area contributed by atoms with Crippen molar-refractivity contribution in [3.8, 4) is 0 Å². The van der Waals surface area contributed by atoms with E-state index >= 15 is 0 Å². The highest BCUT2D eigenvalue weighted by atomic mass is 16.7. The summed E-state index contributed by atoms with van der Waals surface area (Å²) in [7, 11) is 0. The van der Waals surface area contributed by atoms with Gasteiger partial charge in [-0.1, -0.05) is 12.1 Å². The molecular weight excluding hydrogens is 290 g/mol. The molecule has 0 saturated carbocycles. The minimum atomic E-state index is -0.952. The van der Waals surface area contributed by atoms with Crippen molar-refractivity contribution >= 4 is 23.5 Å². The molecule has 22 heavy (non-hydrogen) atoms. The highest BCUT2D eigenvalue weighted by molar-refractivity contribution is 6.28. The molecule has 0 radical (unpaired) electrons. The molecule has 1 aromatic carbocycles. The molecule has 0 atom stereocenters. The fourth-order valence-electron chi connectivity index (χ4n) is 2.27. The normalized spacial score (nSPS) is 24.8. The van der Waals surface area contributed by atoms with Crippen molar-refractivity contribution in [1.29, 1.82) is 0 Å². The van der Waals surface area contributed by atoms with Gasteiger partial charge in [0.25, 0.3) is 11.8 Å². The number of hydrogen-bond donors (Lipinski definition) is 1. The molecule has 0 aliphatic carbocycles. The predicted octanol–water partition coefficient (Wildman–Crippen LogP) is 0.862. The SMILES string of the molecule is O=C(O)C1COC(c2ccc(N3C(=O)C=CC3=O)cc2)OC1. The number of aliphatic carboxylic acids is 1. The number of anilines is 1. The highest BCUT2D eigenvalue weighted by Gasteiger charge is 2.29. The van der Waals surface area contributed by atoms with E-state index in [9.17, 15) is 14.4 Å². The van der Waals surface area contributed by atoms with Gasteiger partial charge in [0.15, 0.2) is 6.29 Å². The van der Waals surface area contributed by atoms with Crippen LogP contribution in [0.2, 0.25) is 0 Å². The van der Waals surface area contributed by atoms with Crippen molar-refractivity contribution in [3.05, 3.63) is 42.0 Å². The summed E-state index contributed by atoms with van der Waals surface area (Å²) in [6.45, 7) is 0.156. The van der Waals surface area contributed by atoms with Gasteiger partial charge in [0.1, 0.15) is 5.92 Å². The molecule has 0 bridgehead atoms. The minimum absolute atomic E-state index is 0.0781. The van der Waals surface area contributed by atoms with Crippen LogP contribution in [0.1, 0.15) is 11.9 Å². The first-order chi connectivity index (χ1) is 10.6. The Morgan fingerprint density at radius 1 is 1.05 bits per heavy atom. The van der Waals surface area contributed by atoms with Crippen molar-refractivity contribution in [2.24, 2.45) is 5.92 Å². The fraction of sp³-hybridized carbons (Fsp3) is 0.267. The van der Waals surface area contributed by atoms with Crippen LogP contribution in [-0.4, -0.2) is 36.1 Å². The van der Waals surface area contributed by atoms with Crippen molar-refractivity contribution in [2.45, 2.75) is 6.29 Å². The number of rotatable bonds is 3. The van der Waals surface area contributed by atoms with Crippen LogP contribution >= 0.6 is 0 Å². The molecule has 2 aliphatic heterocycles. The van der Waals surface area contributed by atoms with Gasteiger partial charge in [-0.2, -0.15) is 0 Å². The van der Waals surface area contributed by atoms with E-state index in [4.69, 9.17) is 14.6 Å². The number of hydrogen-bond acceptors (Lipinski definition) is 5.